The highest BCUT2D eigenvalue weighted by Gasteiger charge is 2.16. The summed E-state index contributed by atoms with van der Waals surface area (Å²) in [5.41, 5.74) is 1.19. The smallest absolute Gasteiger partial charge is 0.221 e. The van der Waals surface area contributed by atoms with Gasteiger partial charge in [-0.3, -0.25) is 4.79 Å². The summed E-state index contributed by atoms with van der Waals surface area (Å²) in [5.74, 6) is 0.956. The SMILES string of the molecule is CCOc1ccc(CCNC(=O)CC2COCCN2)cc1. The Morgan fingerprint density at radius 1 is 1.43 bits per heavy atom. The average molecular weight is 292 g/mol. The second-order valence-corrected chi connectivity index (χ2v) is 5.11. The number of nitrogens with one attached hydrogen (secondary N) is 2. The van der Waals surface area contributed by atoms with Crippen molar-refractivity contribution in [3.8, 4) is 5.75 Å². The van der Waals surface area contributed by atoms with E-state index < -0.39 is 0 Å². The van der Waals surface area contributed by atoms with Crippen LogP contribution in [-0.2, 0) is 16.0 Å². The Bertz CT molecular complexity index is 428. The Morgan fingerprint density at radius 3 is 2.90 bits per heavy atom. The maximum Gasteiger partial charge on any atom is 0.221 e. The van der Waals surface area contributed by atoms with Gasteiger partial charge in [0.15, 0.2) is 0 Å². The molecular formula is C16H24N2O3. The quantitative estimate of drug-likeness (QED) is 0.791. The molecule has 1 atom stereocenters. The van der Waals surface area contributed by atoms with E-state index in [0.29, 0.717) is 26.2 Å². The first-order valence-corrected chi connectivity index (χ1v) is 7.57. The molecule has 0 aromatic heterocycles. The topological polar surface area (TPSA) is 59.6 Å². The summed E-state index contributed by atoms with van der Waals surface area (Å²) in [6.45, 7) is 5.47. The Labute approximate surface area is 126 Å². The van der Waals surface area contributed by atoms with Gasteiger partial charge in [-0.1, -0.05) is 12.1 Å². The van der Waals surface area contributed by atoms with Gasteiger partial charge in [-0.15, -0.1) is 0 Å². The van der Waals surface area contributed by atoms with Crippen molar-refractivity contribution in [2.24, 2.45) is 0 Å². The molecule has 0 aliphatic carbocycles. The lowest BCUT2D eigenvalue weighted by atomic mass is 10.1. The highest BCUT2D eigenvalue weighted by molar-refractivity contribution is 5.76. The van der Waals surface area contributed by atoms with Gasteiger partial charge in [0.25, 0.3) is 0 Å². The first kappa shape index (κ1) is 15.8. The van der Waals surface area contributed by atoms with Crippen LogP contribution in [0.2, 0.25) is 0 Å². The zero-order valence-electron chi connectivity index (χ0n) is 12.6. The largest absolute Gasteiger partial charge is 0.494 e. The van der Waals surface area contributed by atoms with E-state index in [1.165, 1.54) is 5.56 Å². The third-order valence-electron chi connectivity index (χ3n) is 3.40. The molecule has 0 spiro atoms. The number of benzene rings is 1. The predicted octanol–water partition coefficient (Wildman–Crippen LogP) is 1.12. The fourth-order valence-electron chi connectivity index (χ4n) is 2.31. The summed E-state index contributed by atoms with van der Waals surface area (Å²) in [6, 6.07) is 8.14. The number of ether oxygens (including phenoxy) is 2. The number of amides is 1. The van der Waals surface area contributed by atoms with E-state index in [1.54, 1.807) is 0 Å². The molecule has 1 aromatic rings. The number of hydrogen-bond acceptors (Lipinski definition) is 4. The second-order valence-electron chi connectivity index (χ2n) is 5.11. The molecule has 1 aliphatic heterocycles. The zero-order valence-corrected chi connectivity index (χ0v) is 12.6. The zero-order chi connectivity index (χ0) is 14.9. The molecule has 5 nitrogen and oxygen atoms in total. The highest BCUT2D eigenvalue weighted by Crippen LogP contribution is 2.12. The summed E-state index contributed by atoms with van der Waals surface area (Å²) in [4.78, 5) is 11.8. The van der Waals surface area contributed by atoms with E-state index in [0.717, 1.165) is 25.3 Å². The van der Waals surface area contributed by atoms with Gasteiger partial charge in [-0.05, 0) is 31.0 Å². The molecule has 1 fully saturated rings. The summed E-state index contributed by atoms with van der Waals surface area (Å²) in [5, 5.41) is 6.23. The van der Waals surface area contributed by atoms with Crippen LogP contribution in [0.4, 0.5) is 0 Å². The minimum atomic E-state index is 0.0731. The normalized spacial score (nSPS) is 18.2. The Morgan fingerprint density at radius 2 is 2.24 bits per heavy atom. The standard InChI is InChI=1S/C16H24N2O3/c1-2-21-15-5-3-13(4-6-15)7-8-18-16(19)11-14-12-20-10-9-17-14/h3-6,14,17H,2,7-12H2,1H3,(H,18,19). The van der Waals surface area contributed by atoms with Crippen LogP contribution in [0.25, 0.3) is 0 Å². The van der Waals surface area contributed by atoms with Crippen molar-refractivity contribution < 1.29 is 14.3 Å². The van der Waals surface area contributed by atoms with E-state index in [4.69, 9.17) is 9.47 Å². The number of rotatable bonds is 7. The van der Waals surface area contributed by atoms with Crippen LogP contribution < -0.4 is 15.4 Å². The number of hydrogen-bond donors (Lipinski definition) is 2. The van der Waals surface area contributed by atoms with Crippen molar-refractivity contribution in [3.05, 3.63) is 29.8 Å². The fourth-order valence-corrected chi connectivity index (χ4v) is 2.31. The van der Waals surface area contributed by atoms with Gasteiger partial charge in [0.05, 0.1) is 19.8 Å². The minimum Gasteiger partial charge on any atom is -0.494 e. The van der Waals surface area contributed by atoms with Crippen molar-refractivity contribution in [1.29, 1.82) is 0 Å². The van der Waals surface area contributed by atoms with Crippen LogP contribution >= 0.6 is 0 Å². The lowest BCUT2D eigenvalue weighted by molar-refractivity contribution is -0.122. The van der Waals surface area contributed by atoms with Crippen LogP contribution in [0.3, 0.4) is 0 Å². The summed E-state index contributed by atoms with van der Waals surface area (Å²) >= 11 is 0. The molecule has 1 saturated heterocycles. The second kappa shape index (κ2) is 8.64. The van der Waals surface area contributed by atoms with Crippen molar-refractivity contribution >= 4 is 5.91 Å². The summed E-state index contributed by atoms with van der Waals surface area (Å²) in [6.07, 6.45) is 1.30. The van der Waals surface area contributed by atoms with Gasteiger partial charge in [-0.2, -0.15) is 0 Å². The molecule has 0 radical (unpaired) electrons. The number of carbonyl (C=O) groups excluding carboxylic acids is 1. The van der Waals surface area contributed by atoms with Crippen molar-refractivity contribution in [3.63, 3.8) is 0 Å². The van der Waals surface area contributed by atoms with Gasteiger partial charge in [0.2, 0.25) is 5.91 Å². The molecule has 1 aliphatic rings. The Hall–Kier alpha value is -1.59. The van der Waals surface area contributed by atoms with Crippen LogP contribution in [-0.4, -0.2) is 44.9 Å². The van der Waals surface area contributed by atoms with E-state index in [-0.39, 0.29) is 11.9 Å². The molecule has 5 heteroatoms. The third-order valence-corrected chi connectivity index (χ3v) is 3.40. The predicted molar refractivity (Wildman–Crippen MR) is 81.6 cm³/mol. The van der Waals surface area contributed by atoms with E-state index in [1.807, 2.05) is 31.2 Å². The third kappa shape index (κ3) is 5.73. The summed E-state index contributed by atoms with van der Waals surface area (Å²) < 4.78 is 10.7. The Kier molecular flexibility index (Phi) is 6.50. The highest BCUT2D eigenvalue weighted by atomic mass is 16.5. The molecule has 21 heavy (non-hydrogen) atoms. The molecule has 2 rings (SSSR count). The molecule has 2 N–H and O–H groups in total. The van der Waals surface area contributed by atoms with E-state index >= 15 is 0 Å². The average Bonchev–Trinajstić information content (AvgIpc) is 2.50. The molecule has 1 unspecified atom stereocenters. The van der Waals surface area contributed by atoms with Gasteiger partial charge in [-0.25, -0.2) is 0 Å². The maximum absolute atomic E-state index is 11.8. The monoisotopic (exact) mass is 292 g/mol. The van der Waals surface area contributed by atoms with Crippen molar-refractivity contribution in [1.82, 2.24) is 10.6 Å². The molecular weight excluding hydrogens is 268 g/mol. The first-order chi connectivity index (χ1) is 10.3. The minimum absolute atomic E-state index is 0.0731. The van der Waals surface area contributed by atoms with Gasteiger partial charge < -0.3 is 20.1 Å². The molecule has 1 amide bonds. The maximum atomic E-state index is 11.8. The molecule has 1 heterocycles. The van der Waals surface area contributed by atoms with Crippen molar-refractivity contribution in [2.75, 3.05) is 32.9 Å². The molecule has 1 aromatic carbocycles. The Balaban J connectivity index is 1.64. The first-order valence-electron chi connectivity index (χ1n) is 7.57. The molecule has 0 bridgehead atoms. The van der Waals surface area contributed by atoms with Crippen LogP contribution in [0.15, 0.2) is 24.3 Å². The lowest BCUT2D eigenvalue weighted by Crippen LogP contribution is -2.44. The van der Waals surface area contributed by atoms with Crippen LogP contribution in [0.5, 0.6) is 5.75 Å². The van der Waals surface area contributed by atoms with Crippen LogP contribution in [0, 0.1) is 0 Å². The molecule has 0 saturated carbocycles. The molecule has 116 valence electrons. The van der Waals surface area contributed by atoms with Crippen LogP contribution in [0.1, 0.15) is 18.9 Å². The van der Waals surface area contributed by atoms with Gasteiger partial charge in [0, 0.05) is 25.6 Å². The lowest BCUT2D eigenvalue weighted by Gasteiger charge is -2.23. The van der Waals surface area contributed by atoms with E-state index in [9.17, 15) is 4.79 Å². The van der Waals surface area contributed by atoms with Gasteiger partial charge in [0.1, 0.15) is 5.75 Å². The van der Waals surface area contributed by atoms with E-state index in [2.05, 4.69) is 10.6 Å². The van der Waals surface area contributed by atoms with Gasteiger partial charge >= 0.3 is 0 Å². The number of morpholine rings is 1. The fraction of sp³-hybridized carbons (Fsp3) is 0.562. The number of carbonyl (C=O) groups is 1. The summed E-state index contributed by atoms with van der Waals surface area (Å²) in [7, 11) is 0. The van der Waals surface area contributed by atoms with Crippen molar-refractivity contribution in [2.45, 2.75) is 25.8 Å².